The molecule has 1 saturated heterocycles. The number of nitrogens with zero attached hydrogens (tertiary/aromatic N) is 3. The molecule has 2 aromatic heterocycles. The van der Waals surface area contributed by atoms with E-state index in [9.17, 15) is 0 Å². The highest BCUT2D eigenvalue weighted by molar-refractivity contribution is 7.16. The number of morpholine rings is 1. The summed E-state index contributed by atoms with van der Waals surface area (Å²) in [5, 5.41) is 2.98. The van der Waals surface area contributed by atoms with E-state index in [1.807, 2.05) is 11.4 Å². The Hall–Kier alpha value is -1.28. The Morgan fingerprint density at radius 1 is 1.58 bits per heavy atom. The standard InChI is InChI=1S/C12H17N5OS/c1-8-7-18-4-3-17(8)6-10-14-11(16-13)9-2-5-19-12(9)15-10/h2,5,8H,3-4,6-7,13H2,1H3,(H,14,15,16). The summed E-state index contributed by atoms with van der Waals surface area (Å²) >= 11 is 1.60. The number of ether oxygens (including phenoxy) is 1. The maximum Gasteiger partial charge on any atom is 0.152 e. The highest BCUT2D eigenvalue weighted by atomic mass is 32.1. The molecule has 7 heteroatoms. The van der Waals surface area contributed by atoms with Gasteiger partial charge in [0.15, 0.2) is 5.82 Å². The molecule has 3 heterocycles. The Morgan fingerprint density at radius 3 is 3.26 bits per heavy atom. The molecule has 3 N–H and O–H groups in total. The normalized spacial score (nSPS) is 20.8. The van der Waals surface area contributed by atoms with Crippen molar-refractivity contribution in [2.24, 2.45) is 5.84 Å². The molecule has 0 radical (unpaired) electrons. The number of anilines is 1. The highest BCUT2D eigenvalue weighted by Crippen LogP contribution is 2.25. The van der Waals surface area contributed by atoms with E-state index in [4.69, 9.17) is 10.6 Å². The van der Waals surface area contributed by atoms with Crippen molar-refractivity contribution in [3.05, 3.63) is 17.3 Å². The first kappa shape index (κ1) is 12.7. The maximum atomic E-state index is 5.54. The number of fused-ring (bicyclic) bond motifs is 1. The molecule has 0 aromatic carbocycles. The zero-order valence-electron chi connectivity index (χ0n) is 10.8. The molecule has 1 fully saturated rings. The number of nitrogen functional groups attached to an aromatic ring is 1. The summed E-state index contributed by atoms with van der Waals surface area (Å²) in [6.07, 6.45) is 0. The Morgan fingerprint density at radius 2 is 2.47 bits per heavy atom. The van der Waals surface area contributed by atoms with E-state index >= 15 is 0 Å². The fourth-order valence-electron chi connectivity index (χ4n) is 2.26. The van der Waals surface area contributed by atoms with Crippen LogP contribution in [0.4, 0.5) is 5.82 Å². The van der Waals surface area contributed by atoms with Crippen molar-refractivity contribution in [2.45, 2.75) is 19.5 Å². The summed E-state index contributed by atoms with van der Waals surface area (Å²) in [6.45, 7) is 5.34. The number of nitrogens with one attached hydrogen (secondary N) is 1. The number of nitrogens with two attached hydrogens (primary N) is 1. The van der Waals surface area contributed by atoms with Crippen LogP contribution in [0.15, 0.2) is 11.4 Å². The van der Waals surface area contributed by atoms with Crippen LogP contribution in [0.3, 0.4) is 0 Å². The van der Waals surface area contributed by atoms with Crippen molar-refractivity contribution < 1.29 is 4.74 Å². The van der Waals surface area contributed by atoms with E-state index in [1.54, 1.807) is 11.3 Å². The van der Waals surface area contributed by atoms with Crippen LogP contribution in [-0.2, 0) is 11.3 Å². The zero-order chi connectivity index (χ0) is 13.2. The Labute approximate surface area is 115 Å². The minimum atomic E-state index is 0.394. The molecule has 2 aromatic rings. The van der Waals surface area contributed by atoms with Crippen LogP contribution >= 0.6 is 11.3 Å². The number of rotatable bonds is 3. The van der Waals surface area contributed by atoms with Crippen LogP contribution in [0.2, 0.25) is 0 Å². The average molecular weight is 279 g/mol. The molecule has 0 spiro atoms. The first-order chi connectivity index (χ1) is 9.28. The van der Waals surface area contributed by atoms with Gasteiger partial charge < -0.3 is 10.2 Å². The minimum absolute atomic E-state index is 0.394. The lowest BCUT2D eigenvalue weighted by Crippen LogP contribution is -2.43. The van der Waals surface area contributed by atoms with Gasteiger partial charge in [0.2, 0.25) is 0 Å². The van der Waals surface area contributed by atoms with Crippen LogP contribution in [0.1, 0.15) is 12.7 Å². The Kier molecular flexibility index (Phi) is 3.61. The third kappa shape index (κ3) is 2.55. The van der Waals surface area contributed by atoms with Crippen LogP contribution in [-0.4, -0.2) is 40.7 Å². The summed E-state index contributed by atoms with van der Waals surface area (Å²) in [5.41, 5.74) is 2.66. The van der Waals surface area contributed by atoms with E-state index in [0.29, 0.717) is 11.9 Å². The van der Waals surface area contributed by atoms with Gasteiger partial charge in [0.25, 0.3) is 0 Å². The average Bonchev–Trinajstić information content (AvgIpc) is 2.89. The van der Waals surface area contributed by atoms with Crippen molar-refractivity contribution in [1.29, 1.82) is 0 Å². The smallest absolute Gasteiger partial charge is 0.152 e. The van der Waals surface area contributed by atoms with Gasteiger partial charge in [0.1, 0.15) is 10.7 Å². The van der Waals surface area contributed by atoms with Gasteiger partial charge in [-0.1, -0.05) is 0 Å². The Bertz CT molecular complexity index is 572. The van der Waals surface area contributed by atoms with Gasteiger partial charge in [0.05, 0.1) is 25.1 Å². The van der Waals surface area contributed by atoms with Crippen LogP contribution in [0, 0.1) is 0 Å². The van der Waals surface area contributed by atoms with Crippen molar-refractivity contribution in [2.75, 3.05) is 25.2 Å². The van der Waals surface area contributed by atoms with Gasteiger partial charge in [-0.2, -0.15) is 0 Å². The van der Waals surface area contributed by atoms with E-state index < -0.39 is 0 Å². The van der Waals surface area contributed by atoms with E-state index in [0.717, 1.165) is 42.3 Å². The highest BCUT2D eigenvalue weighted by Gasteiger charge is 2.20. The largest absolute Gasteiger partial charge is 0.379 e. The Balaban J connectivity index is 1.87. The van der Waals surface area contributed by atoms with Crippen molar-refractivity contribution in [3.8, 4) is 0 Å². The lowest BCUT2D eigenvalue weighted by molar-refractivity contribution is -0.00543. The lowest BCUT2D eigenvalue weighted by Gasteiger charge is -2.32. The SMILES string of the molecule is CC1COCCN1Cc1nc(NN)c2ccsc2n1. The van der Waals surface area contributed by atoms with Crippen LogP contribution in [0.25, 0.3) is 10.2 Å². The first-order valence-electron chi connectivity index (χ1n) is 6.30. The summed E-state index contributed by atoms with van der Waals surface area (Å²) in [6, 6.07) is 2.38. The minimum Gasteiger partial charge on any atom is -0.379 e. The molecule has 102 valence electrons. The number of hydrazine groups is 1. The number of hydrogen-bond acceptors (Lipinski definition) is 7. The molecule has 0 aliphatic carbocycles. The summed E-state index contributed by atoms with van der Waals surface area (Å²) < 4.78 is 5.44. The summed E-state index contributed by atoms with van der Waals surface area (Å²) in [7, 11) is 0. The third-order valence-electron chi connectivity index (χ3n) is 3.36. The quantitative estimate of drug-likeness (QED) is 0.649. The monoisotopic (exact) mass is 279 g/mol. The van der Waals surface area contributed by atoms with Crippen molar-refractivity contribution in [3.63, 3.8) is 0 Å². The second kappa shape index (κ2) is 5.38. The first-order valence-corrected chi connectivity index (χ1v) is 7.18. The van der Waals surface area contributed by atoms with E-state index in [1.165, 1.54) is 0 Å². The fourth-order valence-corrected chi connectivity index (χ4v) is 3.04. The van der Waals surface area contributed by atoms with Gasteiger partial charge in [-0.3, -0.25) is 4.90 Å². The summed E-state index contributed by atoms with van der Waals surface area (Å²) in [5.74, 6) is 7.03. The molecule has 0 saturated carbocycles. The second-order valence-electron chi connectivity index (χ2n) is 4.67. The fraction of sp³-hybridized carbons (Fsp3) is 0.500. The number of thiophene rings is 1. The molecular formula is C12H17N5OS. The van der Waals surface area contributed by atoms with Crippen LogP contribution < -0.4 is 11.3 Å². The number of hydrogen-bond donors (Lipinski definition) is 2. The predicted octanol–water partition coefficient (Wildman–Crippen LogP) is 1.20. The third-order valence-corrected chi connectivity index (χ3v) is 4.16. The molecule has 0 bridgehead atoms. The van der Waals surface area contributed by atoms with Gasteiger partial charge in [0, 0.05) is 12.6 Å². The van der Waals surface area contributed by atoms with Crippen LogP contribution in [0.5, 0.6) is 0 Å². The molecule has 1 aliphatic rings. The number of aromatic nitrogens is 2. The van der Waals surface area contributed by atoms with Gasteiger partial charge in [-0.15, -0.1) is 11.3 Å². The van der Waals surface area contributed by atoms with Gasteiger partial charge in [-0.25, -0.2) is 15.8 Å². The molecule has 6 nitrogen and oxygen atoms in total. The maximum absolute atomic E-state index is 5.54. The van der Waals surface area contributed by atoms with Crippen molar-refractivity contribution >= 4 is 27.4 Å². The predicted molar refractivity (Wildman–Crippen MR) is 75.9 cm³/mol. The lowest BCUT2D eigenvalue weighted by atomic mass is 10.2. The topological polar surface area (TPSA) is 76.3 Å². The molecular weight excluding hydrogens is 262 g/mol. The second-order valence-corrected chi connectivity index (χ2v) is 5.56. The molecule has 1 unspecified atom stereocenters. The van der Waals surface area contributed by atoms with Gasteiger partial charge in [-0.05, 0) is 18.4 Å². The zero-order valence-corrected chi connectivity index (χ0v) is 11.6. The molecule has 1 aliphatic heterocycles. The van der Waals surface area contributed by atoms with E-state index in [-0.39, 0.29) is 0 Å². The molecule has 19 heavy (non-hydrogen) atoms. The van der Waals surface area contributed by atoms with Crippen molar-refractivity contribution in [1.82, 2.24) is 14.9 Å². The molecule has 1 atom stereocenters. The summed E-state index contributed by atoms with van der Waals surface area (Å²) in [4.78, 5) is 12.4. The molecule has 0 amide bonds. The van der Waals surface area contributed by atoms with Gasteiger partial charge >= 0.3 is 0 Å². The van der Waals surface area contributed by atoms with E-state index in [2.05, 4.69) is 27.2 Å². The molecule has 3 rings (SSSR count).